The topological polar surface area (TPSA) is 72.9 Å². The molecule has 2 aromatic heterocycles. The molecule has 7 heteroatoms. The minimum Gasteiger partial charge on any atom is -0.482 e. The summed E-state index contributed by atoms with van der Waals surface area (Å²) in [6.45, 7) is 2.71. The van der Waals surface area contributed by atoms with Gasteiger partial charge in [-0.25, -0.2) is 4.98 Å². The molecule has 3 aromatic rings. The molecule has 0 saturated heterocycles. The second-order valence-corrected chi connectivity index (χ2v) is 7.08. The van der Waals surface area contributed by atoms with E-state index in [2.05, 4.69) is 17.5 Å². The van der Waals surface area contributed by atoms with Crippen molar-refractivity contribution in [1.82, 2.24) is 9.38 Å². The van der Waals surface area contributed by atoms with E-state index in [0.717, 1.165) is 39.8 Å². The molecule has 0 bridgehead atoms. The van der Waals surface area contributed by atoms with Gasteiger partial charge in [-0.05, 0) is 31.7 Å². The number of nitrogens with two attached hydrogens (primary N) is 1. The second kappa shape index (κ2) is 5.61. The Balaban J connectivity index is 1.87. The molecule has 1 aromatic carbocycles. The smallest absolute Gasteiger partial charge is 0.264 e. The van der Waals surface area contributed by atoms with Crippen LogP contribution in [0.5, 0.6) is 5.75 Å². The van der Waals surface area contributed by atoms with E-state index in [0.29, 0.717) is 6.54 Å². The van der Waals surface area contributed by atoms with Crippen LogP contribution in [-0.2, 0) is 11.2 Å². The standard InChI is InChI=1S/C17H18N4O2S/c1-10-8-21-12(5-6-18)16(19-17(21)24-10)11-3-4-14-13(7-11)20(2)15(22)9-23-14/h3-4,7-8H,5-6,9,18H2,1-2H3. The molecule has 2 N–H and O–H groups in total. The van der Waals surface area contributed by atoms with Gasteiger partial charge in [-0.1, -0.05) is 0 Å². The van der Waals surface area contributed by atoms with Gasteiger partial charge < -0.3 is 15.4 Å². The SMILES string of the molecule is Cc1cn2c(CCN)c(-c3ccc4c(c3)N(C)C(=O)CO4)nc2s1. The van der Waals surface area contributed by atoms with Crippen molar-refractivity contribution in [2.24, 2.45) is 5.73 Å². The number of ether oxygens (including phenoxy) is 1. The Morgan fingerprint density at radius 2 is 2.25 bits per heavy atom. The summed E-state index contributed by atoms with van der Waals surface area (Å²) < 4.78 is 7.62. The minimum absolute atomic E-state index is 0.0525. The van der Waals surface area contributed by atoms with Crippen LogP contribution in [0, 0.1) is 6.92 Å². The first-order valence-electron chi connectivity index (χ1n) is 7.79. The van der Waals surface area contributed by atoms with Crippen molar-refractivity contribution in [3.8, 4) is 17.0 Å². The maximum atomic E-state index is 11.9. The van der Waals surface area contributed by atoms with Gasteiger partial charge in [-0.2, -0.15) is 0 Å². The number of fused-ring (bicyclic) bond motifs is 2. The number of likely N-dealkylation sites (N-methyl/N-ethyl adjacent to an activating group) is 1. The maximum absolute atomic E-state index is 11.9. The van der Waals surface area contributed by atoms with Crippen molar-refractivity contribution in [3.63, 3.8) is 0 Å². The Morgan fingerprint density at radius 1 is 1.42 bits per heavy atom. The Bertz CT molecular complexity index is 944. The highest BCUT2D eigenvalue weighted by atomic mass is 32.1. The number of carbonyl (C=O) groups excluding carboxylic acids is 1. The van der Waals surface area contributed by atoms with Crippen LogP contribution < -0.4 is 15.4 Å². The van der Waals surface area contributed by atoms with Crippen molar-refractivity contribution >= 4 is 27.9 Å². The first kappa shape index (κ1) is 15.2. The normalized spacial score (nSPS) is 14.1. The molecule has 4 rings (SSSR count). The van der Waals surface area contributed by atoms with Crippen molar-refractivity contribution in [2.45, 2.75) is 13.3 Å². The zero-order chi connectivity index (χ0) is 16.8. The summed E-state index contributed by atoms with van der Waals surface area (Å²) in [6.07, 6.45) is 2.84. The molecular formula is C17H18N4O2S. The average Bonchev–Trinajstić information content (AvgIpc) is 3.08. The molecule has 1 aliphatic heterocycles. The number of nitrogens with zero attached hydrogens (tertiary/aromatic N) is 3. The quantitative estimate of drug-likeness (QED) is 0.792. The number of imidazole rings is 1. The molecule has 6 nitrogen and oxygen atoms in total. The first-order chi connectivity index (χ1) is 11.6. The summed E-state index contributed by atoms with van der Waals surface area (Å²) in [4.78, 5) is 20.5. The number of benzene rings is 1. The van der Waals surface area contributed by atoms with E-state index >= 15 is 0 Å². The molecule has 0 atom stereocenters. The second-order valence-electron chi connectivity index (χ2n) is 5.86. The van der Waals surface area contributed by atoms with Gasteiger partial charge >= 0.3 is 0 Å². The predicted octanol–water partition coefficient (Wildman–Crippen LogP) is 2.23. The van der Waals surface area contributed by atoms with Crippen molar-refractivity contribution in [3.05, 3.63) is 35.0 Å². The number of carbonyl (C=O) groups is 1. The van der Waals surface area contributed by atoms with E-state index in [1.54, 1.807) is 23.3 Å². The van der Waals surface area contributed by atoms with E-state index in [1.165, 1.54) is 4.88 Å². The van der Waals surface area contributed by atoms with Gasteiger partial charge in [-0.15, -0.1) is 11.3 Å². The van der Waals surface area contributed by atoms with Gasteiger partial charge in [-0.3, -0.25) is 9.20 Å². The van der Waals surface area contributed by atoms with Crippen LogP contribution >= 0.6 is 11.3 Å². The lowest BCUT2D eigenvalue weighted by Gasteiger charge is -2.26. The van der Waals surface area contributed by atoms with E-state index in [9.17, 15) is 4.79 Å². The molecular weight excluding hydrogens is 324 g/mol. The van der Waals surface area contributed by atoms with Crippen LogP contribution in [0.25, 0.3) is 16.2 Å². The van der Waals surface area contributed by atoms with Gasteiger partial charge in [0.05, 0.1) is 17.1 Å². The molecule has 0 unspecified atom stereocenters. The number of amides is 1. The molecule has 1 aliphatic rings. The van der Waals surface area contributed by atoms with Crippen LogP contribution in [0.15, 0.2) is 24.4 Å². The van der Waals surface area contributed by atoms with Crippen molar-refractivity contribution in [1.29, 1.82) is 0 Å². The third-order valence-corrected chi connectivity index (χ3v) is 5.14. The number of anilines is 1. The number of hydrogen-bond donors (Lipinski definition) is 1. The monoisotopic (exact) mass is 342 g/mol. The Hall–Kier alpha value is -2.38. The van der Waals surface area contributed by atoms with Gasteiger partial charge in [0.25, 0.3) is 5.91 Å². The highest BCUT2D eigenvalue weighted by Crippen LogP contribution is 2.37. The van der Waals surface area contributed by atoms with Crippen LogP contribution in [0.2, 0.25) is 0 Å². The first-order valence-corrected chi connectivity index (χ1v) is 8.61. The molecule has 1 amide bonds. The number of aryl methyl sites for hydroxylation is 1. The fourth-order valence-corrected chi connectivity index (χ4v) is 3.87. The Labute approximate surface area is 143 Å². The summed E-state index contributed by atoms with van der Waals surface area (Å²) >= 11 is 1.66. The fraction of sp³-hybridized carbons (Fsp3) is 0.294. The number of aromatic nitrogens is 2. The lowest BCUT2D eigenvalue weighted by Crippen LogP contribution is -2.35. The van der Waals surface area contributed by atoms with E-state index in [-0.39, 0.29) is 12.5 Å². The zero-order valence-electron chi connectivity index (χ0n) is 13.6. The van der Waals surface area contributed by atoms with Crippen LogP contribution in [0.1, 0.15) is 10.6 Å². The minimum atomic E-state index is -0.0525. The highest BCUT2D eigenvalue weighted by molar-refractivity contribution is 7.17. The van der Waals surface area contributed by atoms with Gasteiger partial charge in [0.2, 0.25) is 0 Å². The third-order valence-electron chi connectivity index (χ3n) is 4.24. The average molecular weight is 342 g/mol. The summed E-state index contributed by atoms with van der Waals surface area (Å²) in [5.74, 6) is 0.668. The molecule has 0 spiro atoms. The zero-order valence-corrected chi connectivity index (χ0v) is 14.4. The highest BCUT2D eigenvalue weighted by Gasteiger charge is 2.24. The molecule has 0 saturated carbocycles. The van der Waals surface area contributed by atoms with Crippen LogP contribution in [-0.4, -0.2) is 35.5 Å². The molecule has 124 valence electrons. The summed E-state index contributed by atoms with van der Waals surface area (Å²) in [5.41, 5.74) is 9.56. The summed E-state index contributed by atoms with van der Waals surface area (Å²) in [5, 5.41) is 0. The molecule has 0 aliphatic carbocycles. The lowest BCUT2D eigenvalue weighted by atomic mass is 10.1. The Morgan fingerprint density at radius 3 is 3.04 bits per heavy atom. The van der Waals surface area contributed by atoms with Crippen LogP contribution in [0.4, 0.5) is 5.69 Å². The summed E-state index contributed by atoms with van der Waals surface area (Å²) in [7, 11) is 1.77. The fourth-order valence-electron chi connectivity index (χ4n) is 3.03. The largest absolute Gasteiger partial charge is 0.482 e. The predicted molar refractivity (Wildman–Crippen MR) is 94.9 cm³/mol. The van der Waals surface area contributed by atoms with Gasteiger partial charge in [0.15, 0.2) is 11.6 Å². The molecule has 0 radical (unpaired) electrons. The molecule has 24 heavy (non-hydrogen) atoms. The number of hydrogen-bond acceptors (Lipinski definition) is 5. The molecule has 3 heterocycles. The van der Waals surface area contributed by atoms with E-state index in [4.69, 9.17) is 15.5 Å². The lowest BCUT2D eigenvalue weighted by molar-refractivity contribution is -0.120. The third kappa shape index (κ3) is 2.28. The van der Waals surface area contributed by atoms with Crippen molar-refractivity contribution in [2.75, 3.05) is 25.1 Å². The van der Waals surface area contributed by atoms with Gasteiger partial charge in [0.1, 0.15) is 5.75 Å². The Kier molecular flexibility index (Phi) is 3.54. The van der Waals surface area contributed by atoms with E-state index in [1.807, 2.05) is 18.2 Å². The van der Waals surface area contributed by atoms with Gasteiger partial charge in [0, 0.05) is 30.1 Å². The molecule has 0 fully saturated rings. The van der Waals surface area contributed by atoms with Crippen molar-refractivity contribution < 1.29 is 9.53 Å². The van der Waals surface area contributed by atoms with E-state index < -0.39 is 0 Å². The maximum Gasteiger partial charge on any atom is 0.264 e. The number of thiazole rings is 1. The van der Waals surface area contributed by atoms with Crippen LogP contribution in [0.3, 0.4) is 0 Å². The summed E-state index contributed by atoms with van der Waals surface area (Å²) in [6, 6.07) is 5.85. The number of rotatable bonds is 3.